The monoisotopic (exact) mass is 300 g/mol. The van der Waals surface area contributed by atoms with Gasteiger partial charge in [-0.3, -0.25) is 0 Å². The highest BCUT2D eigenvalue weighted by Gasteiger charge is 2.34. The number of benzene rings is 1. The Labute approximate surface area is 99.6 Å². The van der Waals surface area contributed by atoms with Crippen molar-refractivity contribution in [3.05, 3.63) is 32.8 Å². The average Bonchev–Trinajstić information content (AvgIpc) is 2.06. The van der Waals surface area contributed by atoms with Crippen molar-refractivity contribution in [2.24, 2.45) is 0 Å². The molecule has 0 bridgehead atoms. The molecule has 84 valence electrons. The van der Waals surface area contributed by atoms with Gasteiger partial charge in [-0.1, -0.05) is 31.5 Å². The van der Waals surface area contributed by atoms with Crippen molar-refractivity contribution < 1.29 is 13.2 Å². The third-order valence-electron chi connectivity index (χ3n) is 2.04. The lowest BCUT2D eigenvalue weighted by Crippen LogP contribution is -2.07. The first-order valence-electron chi connectivity index (χ1n) is 4.30. The van der Waals surface area contributed by atoms with E-state index in [0.717, 1.165) is 6.07 Å². The molecule has 0 fully saturated rings. The number of rotatable bonds is 1. The Morgan fingerprint density at radius 2 is 1.80 bits per heavy atom. The van der Waals surface area contributed by atoms with Crippen LogP contribution in [0.4, 0.5) is 13.2 Å². The summed E-state index contributed by atoms with van der Waals surface area (Å²) in [4.78, 5) is 0. The molecule has 1 aromatic rings. The number of hydrogen-bond donors (Lipinski definition) is 0. The van der Waals surface area contributed by atoms with Crippen molar-refractivity contribution in [1.29, 1.82) is 0 Å². The minimum atomic E-state index is -4.38. The van der Waals surface area contributed by atoms with E-state index in [1.165, 1.54) is 6.07 Å². The smallest absolute Gasteiger partial charge is 0.166 e. The number of alkyl halides is 3. The summed E-state index contributed by atoms with van der Waals surface area (Å²) in [6.45, 7) is 3.75. The highest BCUT2D eigenvalue weighted by molar-refractivity contribution is 9.10. The summed E-state index contributed by atoms with van der Waals surface area (Å²) in [7, 11) is 0. The maximum absolute atomic E-state index is 12.5. The lowest BCUT2D eigenvalue weighted by Gasteiger charge is -2.14. The van der Waals surface area contributed by atoms with Gasteiger partial charge in [0.1, 0.15) is 0 Å². The van der Waals surface area contributed by atoms with Gasteiger partial charge < -0.3 is 0 Å². The Balaban J connectivity index is 3.34. The van der Waals surface area contributed by atoms with Gasteiger partial charge in [-0.15, -0.1) is 0 Å². The molecular weight excluding hydrogens is 292 g/mol. The average molecular weight is 302 g/mol. The molecule has 5 heteroatoms. The van der Waals surface area contributed by atoms with Crippen molar-refractivity contribution in [3.8, 4) is 0 Å². The van der Waals surface area contributed by atoms with Gasteiger partial charge in [0.05, 0.1) is 10.6 Å². The minimum Gasteiger partial charge on any atom is -0.166 e. The van der Waals surface area contributed by atoms with Crippen LogP contribution in [0, 0.1) is 0 Å². The highest BCUT2D eigenvalue weighted by Crippen LogP contribution is 2.41. The lowest BCUT2D eigenvalue weighted by atomic mass is 10.0. The van der Waals surface area contributed by atoms with Crippen LogP contribution in [0.3, 0.4) is 0 Å². The van der Waals surface area contributed by atoms with Crippen molar-refractivity contribution in [1.82, 2.24) is 0 Å². The predicted octanol–water partition coefficient (Wildman–Crippen LogP) is 5.24. The Kier molecular flexibility index (Phi) is 3.71. The summed E-state index contributed by atoms with van der Waals surface area (Å²) in [5.74, 6) is 0.0936. The molecule has 1 rings (SSSR count). The van der Waals surface area contributed by atoms with E-state index in [-0.39, 0.29) is 15.4 Å². The van der Waals surface area contributed by atoms with Crippen LogP contribution in [0.5, 0.6) is 0 Å². The van der Waals surface area contributed by atoms with Gasteiger partial charge in [0, 0.05) is 4.47 Å². The lowest BCUT2D eigenvalue weighted by molar-refractivity contribution is -0.138. The molecule has 0 aliphatic heterocycles. The van der Waals surface area contributed by atoms with E-state index >= 15 is 0 Å². The molecule has 0 spiro atoms. The van der Waals surface area contributed by atoms with Gasteiger partial charge in [-0.2, -0.15) is 13.2 Å². The summed E-state index contributed by atoms with van der Waals surface area (Å²) in [6, 6.07) is 2.46. The number of halogens is 5. The second-order valence-corrected chi connectivity index (χ2v) is 4.65. The molecule has 0 amide bonds. The zero-order valence-corrected chi connectivity index (χ0v) is 10.5. The summed E-state index contributed by atoms with van der Waals surface area (Å²) < 4.78 is 37.3. The van der Waals surface area contributed by atoms with E-state index in [1.54, 1.807) is 0 Å². The van der Waals surface area contributed by atoms with E-state index in [9.17, 15) is 13.2 Å². The van der Waals surface area contributed by atoms with E-state index < -0.39 is 11.7 Å². The maximum Gasteiger partial charge on any atom is 0.417 e. The molecule has 0 saturated carbocycles. The molecule has 0 unspecified atom stereocenters. The Bertz CT molecular complexity index is 372. The molecule has 0 N–H and O–H groups in total. The predicted molar refractivity (Wildman–Crippen MR) is 58.2 cm³/mol. The SMILES string of the molecule is CC(C)c1ccc(C(F)(F)F)c(Br)c1Cl. The zero-order valence-electron chi connectivity index (χ0n) is 8.12. The molecule has 0 saturated heterocycles. The van der Waals surface area contributed by atoms with Gasteiger partial charge in [-0.05, 0) is 33.5 Å². The maximum atomic E-state index is 12.5. The first-order chi connectivity index (χ1) is 6.75. The Morgan fingerprint density at radius 1 is 1.27 bits per heavy atom. The molecule has 0 atom stereocenters. The summed E-state index contributed by atoms with van der Waals surface area (Å²) in [5.41, 5.74) is -0.0339. The third kappa shape index (κ3) is 2.67. The molecule has 1 aromatic carbocycles. The van der Waals surface area contributed by atoms with E-state index in [4.69, 9.17) is 11.6 Å². The van der Waals surface area contributed by atoms with E-state index in [0.29, 0.717) is 5.56 Å². The van der Waals surface area contributed by atoms with Crippen molar-refractivity contribution >= 4 is 27.5 Å². The zero-order chi connectivity index (χ0) is 11.8. The van der Waals surface area contributed by atoms with Gasteiger partial charge in [0.2, 0.25) is 0 Å². The molecule has 15 heavy (non-hydrogen) atoms. The second kappa shape index (κ2) is 4.34. The van der Waals surface area contributed by atoms with E-state index in [2.05, 4.69) is 15.9 Å². The van der Waals surface area contributed by atoms with Crippen LogP contribution in [-0.2, 0) is 6.18 Å². The summed E-state index contributed by atoms with van der Waals surface area (Å²) in [5, 5.41) is 0.139. The normalized spacial score (nSPS) is 12.3. The molecule has 0 aromatic heterocycles. The van der Waals surface area contributed by atoms with Crippen molar-refractivity contribution in [2.75, 3.05) is 0 Å². The first kappa shape index (κ1) is 12.8. The van der Waals surface area contributed by atoms with Crippen LogP contribution in [-0.4, -0.2) is 0 Å². The molecule has 0 aliphatic carbocycles. The highest BCUT2D eigenvalue weighted by atomic mass is 79.9. The molecule has 0 aliphatic rings. The quantitative estimate of drug-likeness (QED) is 0.665. The molecule has 0 nitrogen and oxygen atoms in total. The fourth-order valence-electron chi connectivity index (χ4n) is 1.23. The van der Waals surface area contributed by atoms with Crippen LogP contribution in [0.1, 0.15) is 30.9 Å². The fraction of sp³-hybridized carbons (Fsp3) is 0.400. The van der Waals surface area contributed by atoms with Gasteiger partial charge in [0.25, 0.3) is 0 Å². The molecule has 0 heterocycles. The van der Waals surface area contributed by atoms with Crippen LogP contribution in [0.2, 0.25) is 5.02 Å². The van der Waals surface area contributed by atoms with Crippen LogP contribution >= 0.6 is 27.5 Å². The number of hydrogen-bond acceptors (Lipinski definition) is 0. The Hall–Kier alpha value is -0.220. The topological polar surface area (TPSA) is 0 Å². The van der Waals surface area contributed by atoms with Crippen LogP contribution in [0.15, 0.2) is 16.6 Å². The second-order valence-electron chi connectivity index (χ2n) is 3.48. The summed E-state index contributed by atoms with van der Waals surface area (Å²) >= 11 is 8.74. The van der Waals surface area contributed by atoms with Crippen molar-refractivity contribution in [2.45, 2.75) is 25.9 Å². The summed E-state index contributed by atoms with van der Waals surface area (Å²) in [6.07, 6.45) is -4.38. The minimum absolute atomic E-state index is 0.0807. The van der Waals surface area contributed by atoms with E-state index in [1.807, 2.05) is 13.8 Å². The van der Waals surface area contributed by atoms with Gasteiger partial charge in [-0.25, -0.2) is 0 Å². The standard InChI is InChI=1S/C10H9BrClF3/c1-5(2)6-3-4-7(10(13,14)15)8(11)9(6)12/h3-5H,1-2H3. The van der Waals surface area contributed by atoms with Crippen LogP contribution < -0.4 is 0 Å². The Morgan fingerprint density at radius 3 is 2.20 bits per heavy atom. The molecular formula is C10H9BrClF3. The van der Waals surface area contributed by atoms with Crippen LogP contribution in [0.25, 0.3) is 0 Å². The fourth-order valence-corrected chi connectivity index (χ4v) is 2.20. The third-order valence-corrected chi connectivity index (χ3v) is 3.50. The first-order valence-corrected chi connectivity index (χ1v) is 5.47. The van der Waals surface area contributed by atoms with Gasteiger partial charge >= 0.3 is 6.18 Å². The largest absolute Gasteiger partial charge is 0.417 e. The van der Waals surface area contributed by atoms with Gasteiger partial charge in [0.15, 0.2) is 0 Å². The van der Waals surface area contributed by atoms with Crippen molar-refractivity contribution in [3.63, 3.8) is 0 Å². The molecule has 0 radical (unpaired) electrons.